The van der Waals surface area contributed by atoms with Crippen LogP contribution in [0.5, 0.6) is 0 Å². The van der Waals surface area contributed by atoms with E-state index < -0.39 is 0 Å². The van der Waals surface area contributed by atoms with Crippen LogP contribution in [0.2, 0.25) is 0 Å². The molecule has 13 heavy (non-hydrogen) atoms. The van der Waals surface area contributed by atoms with Crippen LogP contribution in [0.25, 0.3) is 0 Å². The van der Waals surface area contributed by atoms with Crippen LogP contribution in [-0.4, -0.2) is 24.9 Å². The van der Waals surface area contributed by atoms with Gasteiger partial charge in [-0.15, -0.1) is 0 Å². The molecule has 0 spiro atoms. The number of hydrogen-bond donors (Lipinski definition) is 0. The van der Waals surface area contributed by atoms with Crippen molar-refractivity contribution in [2.24, 2.45) is 11.8 Å². The zero-order valence-corrected chi connectivity index (χ0v) is 9.84. The van der Waals surface area contributed by atoms with E-state index in [2.05, 4.69) is 39.1 Å². The van der Waals surface area contributed by atoms with E-state index in [0.29, 0.717) is 0 Å². The van der Waals surface area contributed by atoms with Gasteiger partial charge in [0.1, 0.15) is 20.3 Å². The average Bonchev–Trinajstić information content (AvgIpc) is 2.10. The Hall–Kier alpha value is -0.330. The maximum Gasteiger partial charge on any atom is 0.144 e. The van der Waals surface area contributed by atoms with E-state index in [4.69, 9.17) is 0 Å². The van der Waals surface area contributed by atoms with Crippen molar-refractivity contribution in [2.75, 3.05) is 13.6 Å². The lowest BCUT2D eigenvalue weighted by atomic mass is 9.93. The van der Waals surface area contributed by atoms with E-state index in [0.717, 1.165) is 18.4 Å². The Balaban J connectivity index is 3.65. The summed E-state index contributed by atoms with van der Waals surface area (Å²) in [5, 5.41) is 0. The third-order valence-electron chi connectivity index (χ3n) is 2.91. The Bertz CT molecular complexity index is 140. The summed E-state index contributed by atoms with van der Waals surface area (Å²) >= 11 is 0. The van der Waals surface area contributed by atoms with E-state index >= 15 is 0 Å². The number of nitrogens with zero attached hydrogens (tertiary/aromatic N) is 1. The first-order valence-corrected chi connectivity index (χ1v) is 5.61. The van der Waals surface area contributed by atoms with Crippen molar-refractivity contribution in [1.29, 1.82) is 0 Å². The van der Waals surface area contributed by atoms with E-state index in [1.54, 1.807) is 0 Å². The maximum absolute atomic E-state index is 3.91. The highest BCUT2D eigenvalue weighted by Crippen LogP contribution is 2.17. The monoisotopic (exact) mass is 184 g/mol. The first kappa shape index (κ1) is 12.7. The second kappa shape index (κ2) is 7.11. The molecule has 1 nitrogen and oxygen atoms in total. The van der Waals surface area contributed by atoms with Crippen molar-refractivity contribution in [3.63, 3.8) is 0 Å². The van der Waals surface area contributed by atoms with Crippen LogP contribution in [-0.2, 0) is 0 Å². The van der Waals surface area contributed by atoms with Crippen LogP contribution in [0.15, 0.2) is 0 Å². The average molecular weight is 184 g/mol. The minimum absolute atomic E-state index is 0.844. The van der Waals surface area contributed by atoms with Crippen molar-refractivity contribution < 1.29 is 4.58 Å². The molecule has 0 aromatic rings. The van der Waals surface area contributed by atoms with Gasteiger partial charge in [-0.1, -0.05) is 33.6 Å². The number of hydrogen-bond acceptors (Lipinski definition) is 0. The Morgan fingerprint density at radius 1 is 1.15 bits per heavy atom. The molecule has 0 aromatic heterocycles. The van der Waals surface area contributed by atoms with Crippen LogP contribution < -0.4 is 0 Å². The van der Waals surface area contributed by atoms with E-state index in [1.807, 2.05) is 0 Å². The quantitative estimate of drug-likeness (QED) is 0.422. The van der Waals surface area contributed by atoms with Gasteiger partial charge < -0.3 is 0 Å². The summed E-state index contributed by atoms with van der Waals surface area (Å²) in [4.78, 5) is 0. The maximum atomic E-state index is 3.91. The first-order chi connectivity index (χ1) is 6.10. The SMILES string of the molecule is C=[N+](C)CC(CC)CCC(C)CC. The highest BCUT2D eigenvalue weighted by Gasteiger charge is 2.11. The standard InChI is InChI=1S/C12H26N/c1-6-11(3)8-9-12(7-2)10-13(4)5/h11-12H,4,6-10H2,1-3,5H3/q+1. The van der Waals surface area contributed by atoms with E-state index in [9.17, 15) is 0 Å². The third kappa shape index (κ3) is 6.80. The number of rotatable bonds is 7. The molecule has 0 heterocycles. The molecular weight excluding hydrogens is 158 g/mol. The van der Waals surface area contributed by atoms with Crippen LogP contribution >= 0.6 is 0 Å². The largest absolute Gasteiger partial charge is 0.245 e. The van der Waals surface area contributed by atoms with Crippen molar-refractivity contribution in [3.05, 3.63) is 0 Å². The summed E-state index contributed by atoms with van der Waals surface area (Å²) in [6.45, 7) is 12.0. The second-order valence-electron chi connectivity index (χ2n) is 4.40. The minimum atomic E-state index is 0.844. The van der Waals surface area contributed by atoms with E-state index in [-0.39, 0.29) is 0 Å². The predicted molar refractivity (Wildman–Crippen MR) is 60.6 cm³/mol. The zero-order chi connectivity index (χ0) is 10.3. The second-order valence-corrected chi connectivity index (χ2v) is 4.40. The predicted octanol–water partition coefficient (Wildman–Crippen LogP) is 3.18. The van der Waals surface area contributed by atoms with Crippen LogP contribution in [0.1, 0.15) is 46.5 Å². The smallest absolute Gasteiger partial charge is 0.144 e. The van der Waals surface area contributed by atoms with Crippen LogP contribution in [0, 0.1) is 11.8 Å². The van der Waals surface area contributed by atoms with Crippen LogP contribution in [0.3, 0.4) is 0 Å². The lowest BCUT2D eigenvalue weighted by Crippen LogP contribution is -2.16. The minimum Gasteiger partial charge on any atom is -0.245 e. The van der Waals surface area contributed by atoms with Crippen molar-refractivity contribution in [2.45, 2.75) is 46.5 Å². The van der Waals surface area contributed by atoms with Crippen molar-refractivity contribution in [1.82, 2.24) is 0 Å². The van der Waals surface area contributed by atoms with Gasteiger partial charge in [-0.2, -0.15) is 0 Å². The molecule has 78 valence electrons. The molecule has 0 rings (SSSR count). The van der Waals surface area contributed by atoms with Gasteiger partial charge in [-0.25, -0.2) is 4.58 Å². The molecule has 0 aromatic carbocycles. The molecule has 0 bridgehead atoms. The molecule has 0 saturated heterocycles. The highest BCUT2D eigenvalue weighted by molar-refractivity contribution is 5.14. The summed E-state index contributed by atoms with van der Waals surface area (Å²) in [6, 6.07) is 0. The topological polar surface area (TPSA) is 3.01 Å². The fraction of sp³-hybridized carbons (Fsp3) is 0.917. The highest BCUT2D eigenvalue weighted by atomic mass is 14.9. The Morgan fingerprint density at radius 3 is 2.15 bits per heavy atom. The van der Waals surface area contributed by atoms with Gasteiger partial charge in [0.25, 0.3) is 0 Å². The zero-order valence-electron chi connectivity index (χ0n) is 9.84. The molecule has 0 fully saturated rings. The molecule has 0 aliphatic carbocycles. The van der Waals surface area contributed by atoms with Gasteiger partial charge in [-0.05, 0) is 18.8 Å². The molecule has 0 radical (unpaired) electrons. The molecule has 0 amide bonds. The van der Waals surface area contributed by atoms with Crippen molar-refractivity contribution >= 4 is 6.72 Å². The summed E-state index contributed by atoms with van der Waals surface area (Å²) in [5.74, 6) is 1.74. The molecule has 0 aliphatic heterocycles. The molecule has 2 unspecified atom stereocenters. The van der Waals surface area contributed by atoms with Gasteiger partial charge in [0.2, 0.25) is 0 Å². The fourth-order valence-corrected chi connectivity index (χ4v) is 1.59. The van der Waals surface area contributed by atoms with E-state index in [1.165, 1.54) is 25.7 Å². The van der Waals surface area contributed by atoms with Gasteiger partial charge in [-0.3, -0.25) is 0 Å². The summed E-state index contributed by atoms with van der Waals surface area (Å²) in [5.41, 5.74) is 0. The molecule has 0 saturated carbocycles. The summed E-state index contributed by atoms with van der Waals surface area (Å²) in [6.07, 6.45) is 5.35. The lowest BCUT2D eigenvalue weighted by molar-refractivity contribution is -0.496. The van der Waals surface area contributed by atoms with Gasteiger partial charge in [0.15, 0.2) is 0 Å². The van der Waals surface area contributed by atoms with Crippen LogP contribution in [0.4, 0.5) is 0 Å². The summed E-state index contributed by atoms with van der Waals surface area (Å²) < 4.78 is 2.06. The molecule has 2 atom stereocenters. The van der Waals surface area contributed by atoms with Crippen molar-refractivity contribution in [3.8, 4) is 0 Å². The molecule has 0 N–H and O–H groups in total. The Kier molecular flexibility index (Phi) is 6.93. The first-order valence-electron chi connectivity index (χ1n) is 5.61. The Morgan fingerprint density at radius 2 is 1.77 bits per heavy atom. The molecular formula is C12H26N+. The van der Waals surface area contributed by atoms with Gasteiger partial charge in [0.05, 0.1) is 0 Å². The lowest BCUT2D eigenvalue weighted by Gasteiger charge is -2.14. The Labute approximate surface area is 83.9 Å². The summed E-state index contributed by atoms with van der Waals surface area (Å²) in [7, 11) is 2.06. The van der Waals surface area contributed by atoms with Gasteiger partial charge >= 0.3 is 0 Å². The van der Waals surface area contributed by atoms with Gasteiger partial charge in [0, 0.05) is 5.92 Å². The molecule has 1 heteroatoms. The fourth-order valence-electron chi connectivity index (χ4n) is 1.59. The molecule has 0 aliphatic rings. The normalized spacial score (nSPS) is 15.4. The third-order valence-corrected chi connectivity index (χ3v) is 2.91.